The summed E-state index contributed by atoms with van der Waals surface area (Å²) in [5, 5.41) is 6.89. The third kappa shape index (κ3) is 5.10. The third-order valence-corrected chi connectivity index (χ3v) is 4.48. The normalized spacial score (nSPS) is 11.1. The van der Waals surface area contributed by atoms with Crippen molar-refractivity contribution in [2.24, 2.45) is 7.05 Å². The van der Waals surface area contributed by atoms with E-state index in [2.05, 4.69) is 15.1 Å². The predicted molar refractivity (Wildman–Crippen MR) is 107 cm³/mol. The summed E-state index contributed by atoms with van der Waals surface area (Å²) in [7, 11) is -1.64. The van der Waals surface area contributed by atoms with Crippen LogP contribution >= 0.6 is 0 Å². The number of hydrogen-bond donors (Lipinski definition) is 2. The Bertz CT molecular complexity index is 1060. The molecule has 0 fully saturated rings. The first-order valence-corrected chi connectivity index (χ1v) is 10.3. The number of sulfonamides is 1. The van der Waals surface area contributed by atoms with E-state index in [9.17, 15) is 13.2 Å². The predicted octanol–water partition coefficient (Wildman–Crippen LogP) is 3.21. The standard InChI is InChI=1S/C19H20N4O4S/c1-23-18(21-19(24)27-13-14-6-4-3-5-7-14)17(12-20-23)15-8-10-16(11-9-15)22-28(2,25)26/h3-12,22H,13H2,1-2H3,(H,21,24). The van der Waals surface area contributed by atoms with Gasteiger partial charge in [-0.2, -0.15) is 5.10 Å². The summed E-state index contributed by atoms with van der Waals surface area (Å²) >= 11 is 0. The van der Waals surface area contributed by atoms with Gasteiger partial charge in [0.05, 0.1) is 12.5 Å². The Morgan fingerprint density at radius 3 is 2.43 bits per heavy atom. The molecule has 0 radical (unpaired) electrons. The van der Waals surface area contributed by atoms with Gasteiger partial charge in [0.2, 0.25) is 10.0 Å². The van der Waals surface area contributed by atoms with E-state index in [0.717, 1.165) is 17.4 Å². The Morgan fingerprint density at radius 1 is 1.11 bits per heavy atom. The lowest BCUT2D eigenvalue weighted by Crippen LogP contribution is -2.16. The quantitative estimate of drug-likeness (QED) is 0.661. The number of amides is 1. The van der Waals surface area contributed by atoms with Gasteiger partial charge in [-0.15, -0.1) is 0 Å². The zero-order valence-electron chi connectivity index (χ0n) is 15.4. The van der Waals surface area contributed by atoms with E-state index in [-0.39, 0.29) is 6.61 Å². The number of carbonyl (C=O) groups excluding carboxylic acids is 1. The topological polar surface area (TPSA) is 102 Å². The third-order valence-electron chi connectivity index (χ3n) is 3.87. The van der Waals surface area contributed by atoms with Crippen LogP contribution in [0.2, 0.25) is 0 Å². The molecule has 2 aromatic carbocycles. The van der Waals surface area contributed by atoms with Gasteiger partial charge in [0.15, 0.2) is 0 Å². The summed E-state index contributed by atoms with van der Waals surface area (Å²) < 4.78 is 31.8. The minimum Gasteiger partial charge on any atom is -0.444 e. The number of aromatic nitrogens is 2. The van der Waals surface area contributed by atoms with Crippen molar-refractivity contribution in [3.8, 4) is 11.1 Å². The molecule has 1 heterocycles. The highest BCUT2D eigenvalue weighted by molar-refractivity contribution is 7.92. The fraction of sp³-hybridized carbons (Fsp3) is 0.158. The van der Waals surface area contributed by atoms with Crippen molar-refractivity contribution in [1.82, 2.24) is 9.78 Å². The molecule has 0 bridgehead atoms. The molecule has 9 heteroatoms. The Labute approximate surface area is 163 Å². The SMILES string of the molecule is Cn1ncc(-c2ccc(NS(C)(=O)=O)cc2)c1NC(=O)OCc1ccccc1. The van der Waals surface area contributed by atoms with Crippen molar-refractivity contribution in [3.05, 3.63) is 66.4 Å². The first kappa shape index (κ1) is 19.4. The van der Waals surface area contributed by atoms with Crippen LogP contribution in [-0.4, -0.2) is 30.5 Å². The van der Waals surface area contributed by atoms with Crippen LogP contribution in [0.4, 0.5) is 16.3 Å². The van der Waals surface area contributed by atoms with Gasteiger partial charge in [-0.3, -0.25) is 14.7 Å². The molecule has 0 aliphatic carbocycles. The summed E-state index contributed by atoms with van der Waals surface area (Å²) in [6.45, 7) is 0.158. The van der Waals surface area contributed by atoms with Gasteiger partial charge in [0, 0.05) is 18.3 Å². The highest BCUT2D eigenvalue weighted by atomic mass is 32.2. The molecule has 3 aromatic rings. The molecular formula is C19H20N4O4S. The van der Waals surface area contributed by atoms with E-state index in [1.54, 1.807) is 37.5 Å². The fourth-order valence-electron chi connectivity index (χ4n) is 2.58. The van der Waals surface area contributed by atoms with Crippen molar-refractivity contribution in [1.29, 1.82) is 0 Å². The second kappa shape index (κ2) is 8.13. The lowest BCUT2D eigenvalue weighted by atomic mass is 10.1. The maximum Gasteiger partial charge on any atom is 0.413 e. The Balaban J connectivity index is 1.72. The van der Waals surface area contributed by atoms with Crippen molar-refractivity contribution < 1.29 is 17.9 Å². The second-order valence-electron chi connectivity index (χ2n) is 6.17. The number of nitrogens with one attached hydrogen (secondary N) is 2. The van der Waals surface area contributed by atoms with Gasteiger partial charge in [-0.25, -0.2) is 13.2 Å². The molecule has 0 aliphatic heterocycles. The highest BCUT2D eigenvalue weighted by Crippen LogP contribution is 2.28. The highest BCUT2D eigenvalue weighted by Gasteiger charge is 2.15. The fourth-order valence-corrected chi connectivity index (χ4v) is 3.15. The van der Waals surface area contributed by atoms with Crippen LogP contribution in [0.3, 0.4) is 0 Å². The van der Waals surface area contributed by atoms with Gasteiger partial charge >= 0.3 is 6.09 Å². The van der Waals surface area contributed by atoms with Crippen LogP contribution in [0, 0.1) is 0 Å². The molecule has 146 valence electrons. The van der Waals surface area contributed by atoms with Crippen LogP contribution in [0.15, 0.2) is 60.8 Å². The van der Waals surface area contributed by atoms with Crippen LogP contribution in [-0.2, 0) is 28.4 Å². The monoisotopic (exact) mass is 400 g/mol. The number of ether oxygens (including phenoxy) is 1. The lowest BCUT2D eigenvalue weighted by molar-refractivity contribution is 0.155. The Kier molecular flexibility index (Phi) is 5.65. The van der Waals surface area contributed by atoms with Gasteiger partial charge < -0.3 is 4.74 Å². The molecule has 8 nitrogen and oxygen atoms in total. The van der Waals surface area contributed by atoms with Crippen molar-refractivity contribution in [2.45, 2.75) is 6.61 Å². The number of carbonyl (C=O) groups is 1. The van der Waals surface area contributed by atoms with Gasteiger partial charge in [-0.05, 0) is 23.3 Å². The maximum atomic E-state index is 12.2. The lowest BCUT2D eigenvalue weighted by Gasteiger charge is -2.10. The average molecular weight is 400 g/mol. The summed E-state index contributed by atoms with van der Waals surface area (Å²) in [5.41, 5.74) is 2.79. The minimum absolute atomic E-state index is 0.158. The number of nitrogens with zero attached hydrogens (tertiary/aromatic N) is 2. The molecule has 0 unspecified atom stereocenters. The molecule has 3 rings (SSSR count). The Hall–Kier alpha value is -3.33. The molecule has 0 saturated carbocycles. The maximum absolute atomic E-state index is 12.2. The minimum atomic E-state index is -3.34. The molecule has 1 amide bonds. The van der Waals surface area contributed by atoms with Gasteiger partial charge in [0.1, 0.15) is 12.4 Å². The number of anilines is 2. The Morgan fingerprint density at radius 2 is 1.79 bits per heavy atom. The van der Waals surface area contributed by atoms with E-state index in [1.165, 1.54) is 4.68 Å². The molecule has 0 saturated heterocycles. The molecule has 1 aromatic heterocycles. The molecule has 0 spiro atoms. The summed E-state index contributed by atoms with van der Waals surface area (Å²) in [6, 6.07) is 16.1. The first-order valence-electron chi connectivity index (χ1n) is 8.40. The molecule has 2 N–H and O–H groups in total. The van der Waals surface area contributed by atoms with Crippen LogP contribution in [0.25, 0.3) is 11.1 Å². The second-order valence-corrected chi connectivity index (χ2v) is 7.92. The number of aryl methyl sites for hydroxylation is 1. The van der Waals surface area contributed by atoms with Crippen LogP contribution in [0.5, 0.6) is 0 Å². The summed E-state index contributed by atoms with van der Waals surface area (Å²) in [5.74, 6) is 0.474. The molecule has 28 heavy (non-hydrogen) atoms. The summed E-state index contributed by atoms with van der Waals surface area (Å²) in [4.78, 5) is 12.2. The number of hydrogen-bond acceptors (Lipinski definition) is 5. The molecule has 0 aliphatic rings. The van der Waals surface area contributed by atoms with Gasteiger partial charge in [0.25, 0.3) is 0 Å². The van der Waals surface area contributed by atoms with E-state index in [0.29, 0.717) is 17.1 Å². The zero-order chi connectivity index (χ0) is 20.1. The largest absolute Gasteiger partial charge is 0.444 e. The van der Waals surface area contributed by atoms with Crippen LogP contribution < -0.4 is 10.0 Å². The number of rotatable bonds is 6. The molecule has 0 atom stereocenters. The van der Waals surface area contributed by atoms with E-state index >= 15 is 0 Å². The van der Waals surface area contributed by atoms with Gasteiger partial charge in [-0.1, -0.05) is 42.5 Å². The van der Waals surface area contributed by atoms with E-state index in [4.69, 9.17) is 4.74 Å². The van der Waals surface area contributed by atoms with Crippen molar-refractivity contribution in [2.75, 3.05) is 16.3 Å². The summed E-state index contributed by atoms with van der Waals surface area (Å²) in [6.07, 6.45) is 2.11. The van der Waals surface area contributed by atoms with E-state index < -0.39 is 16.1 Å². The van der Waals surface area contributed by atoms with Crippen molar-refractivity contribution in [3.63, 3.8) is 0 Å². The van der Waals surface area contributed by atoms with E-state index in [1.807, 2.05) is 30.3 Å². The van der Waals surface area contributed by atoms with Crippen molar-refractivity contribution >= 4 is 27.6 Å². The average Bonchev–Trinajstić information content (AvgIpc) is 3.01. The smallest absolute Gasteiger partial charge is 0.413 e. The number of benzene rings is 2. The first-order chi connectivity index (χ1) is 13.3. The molecular weight excluding hydrogens is 380 g/mol. The zero-order valence-corrected chi connectivity index (χ0v) is 16.2. The van der Waals surface area contributed by atoms with Crippen LogP contribution in [0.1, 0.15) is 5.56 Å².